The summed E-state index contributed by atoms with van der Waals surface area (Å²) in [7, 11) is -0.246. The molecule has 7 nitrogen and oxygen atoms in total. The average molecular weight is 436 g/mol. The van der Waals surface area contributed by atoms with Crippen molar-refractivity contribution in [1.82, 2.24) is 9.62 Å². The smallest absolute Gasteiger partial charge is 0.285 e. The molecule has 0 bridgehead atoms. The van der Waals surface area contributed by atoms with Crippen molar-refractivity contribution in [3.63, 3.8) is 0 Å². The monoisotopic (exact) mass is 435 g/mol. The van der Waals surface area contributed by atoms with Crippen LogP contribution in [-0.2, 0) is 10.0 Å². The highest BCUT2D eigenvalue weighted by molar-refractivity contribution is 8.13. The zero-order valence-electron chi connectivity index (χ0n) is 16.8. The second-order valence-electron chi connectivity index (χ2n) is 6.70. The summed E-state index contributed by atoms with van der Waals surface area (Å²) in [6.45, 7) is 3.69. The van der Waals surface area contributed by atoms with Crippen LogP contribution in [0.2, 0.25) is 0 Å². The maximum Gasteiger partial charge on any atom is 0.285 e. The van der Waals surface area contributed by atoms with E-state index < -0.39 is 10.0 Å². The van der Waals surface area contributed by atoms with Gasteiger partial charge in [-0.05, 0) is 73.6 Å². The summed E-state index contributed by atoms with van der Waals surface area (Å²) in [5, 5.41) is 2.67. The van der Waals surface area contributed by atoms with Crippen molar-refractivity contribution < 1.29 is 18.0 Å². The first kappa shape index (κ1) is 22.9. The average Bonchev–Trinajstić information content (AvgIpc) is 2.69. The molecule has 0 radical (unpaired) electrons. The summed E-state index contributed by atoms with van der Waals surface area (Å²) < 4.78 is 27.1. The number of carbonyl (C=O) groups excluding carboxylic acids is 2. The van der Waals surface area contributed by atoms with Gasteiger partial charge in [0.25, 0.3) is 11.1 Å². The molecule has 0 aromatic heterocycles. The Kier molecular flexibility index (Phi) is 7.83. The van der Waals surface area contributed by atoms with Gasteiger partial charge in [0.1, 0.15) is 0 Å². The van der Waals surface area contributed by atoms with Crippen LogP contribution in [-0.4, -0.2) is 44.6 Å². The largest absolute Gasteiger partial charge is 0.339 e. The van der Waals surface area contributed by atoms with Crippen molar-refractivity contribution in [3.05, 3.63) is 54.1 Å². The lowest BCUT2D eigenvalue weighted by Gasteiger charge is -2.12. The maximum atomic E-state index is 12.4. The van der Waals surface area contributed by atoms with E-state index in [1.165, 1.54) is 29.2 Å². The number of nitrogens with zero attached hydrogens (tertiary/aromatic N) is 1. The molecule has 156 valence electrons. The Morgan fingerprint density at radius 3 is 2.14 bits per heavy atom. The van der Waals surface area contributed by atoms with Gasteiger partial charge in [-0.3, -0.25) is 9.59 Å². The molecule has 2 rings (SSSR count). The minimum atomic E-state index is -3.61. The van der Waals surface area contributed by atoms with Crippen LogP contribution in [0.5, 0.6) is 0 Å². The topological polar surface area (TPSA) is 95.6 Å². The Bertz CT molecular complexity index is 956. The highest BCUT2D eigenvalue weighted by Crippen LogP contribution is 2.22. The number of amides is 2. The highest BCUT2D eigenvalue weighted by Gasteiger charge is 2.17. The molecule has 1 atom stereocenters. The summed E-state index contributed by atoms with van der Waals surface area (Å²) in [6.07, 6.45) is 0.681. The first-order chi connectivity index (χ1) is 13.6. The maximum absolute atomic E-state index is 12.4. The number of anilines is 1. The van der Waals surface area contributed by atoms with E-state index in [1.807, 2.05) is 6.92 Å². The van der Waals surface area contributed by atoms with Gasteiger partial charge in [0.15, 0.2) is 0 Å². The first-order valence-electron chi connectivity index (χ1n) is 9.05. The molecule has 2 N–H and O–H groups in total. The predicted octanol–water partition coefficient (Wildman–Crippen LogP) is 3.79. The van der Waals surface area contributed by atoms with E-state index in [2.05, 4.69) is 10.0 Å². The number of sulfonamides is 1. The lowest BCUT2D eigenvalue weighted by Crippen LogP contribution is -2.32. The van der Waals surface area contributed by atoms with Gasteiger partial charge < -0.3 is 10.2 Å². The second kappa shape index (κ2) is 9.91. The van der Waals surface area contributed by atoms with E-state index >= 15 is 0 Å². The molecule has 0 aliphatic rings. The molecule has 0 heterocycles. The molecule has 9 heteroatoms. The number of benzene rings is 2. The Balaban J connectivity index is 2.03. The van der Waals surface area contributed by atoms with Crippen LogP contribution >= 0.6 is 11.8 Å². The van der Waals surface area contributed by atoms with Crippen molar-refractivity contribution >= 4 is 38.6 Å². The number of hydrogen-bond acceptors (Lipinski definition) is 5. The molecule has 2 aromatic rings. The van der Waals surface area contributed by atoms with E-state index in [4.69, 9.17) is 0 Å². The molecular formula is C20H25N3O4S2. The van der Waals surface area contributed by atoms with Gasteiger partial charge in [-0.2, -0.15) is 0 Å². The Morgan fingerprint density at radius 1 is 1.03 bits per heavy atom. The molecular weight excluding hydrogens is 410 g/mol. The summed E-state index contributed by atoms with van der Waals surface area (Å²) in [6, 6.07) is 12.5. The van der Waals surface area contributed by atoms with Gasteiger partial charge in [0, 0.05) is 36.3 Å². The molecule has 0 saturated heterocycles. The van der Waals surface area contributed by atoms with Crippen LogP contribution in [0.15, 0.2) is 58.3 Å². The van der Waals surface area contributed by atoms with Crippen molar-refractivity contribution in [2.45, 2.75) is 36.1 Å². The third kappa shape index (κ3) is 6.59. The van der Waals surface area contributed by atoms with Crippen molar-refractivity contribution in [2.24, 2.45) is 0 Å². The number of nitrogens with one attached hydrogen (secondary N) is 2. The summed E-state index contributed by atoms with van der Waals surface area (Å²) in [5.41, 5.74) is 0.917. The van der Waals surface area contributed by atoms with Crippen LogP contribution in [0.3, 0.4) is 0 Å². The van der Waals surface area contributed by atoms with Crippen LogP contribution < -0.4 is 10.0 Å². The molecule has 2 aromatic carbocycles. The molecule has 0 aliphatic heterocycles. The Labute approximate surface area is 175 Å². The summed E-state index contributed by atoms with van der Waals surface area (Å²) in [4.78, 5) is 26.5. The van der Waals surface area contributed by atoms with Gasteiger partial charge >= 0.3 is 0 Å². The van der Waals surface area contributed by atoms with Gasteiger partial charge in [0.05, 0.1) is 4.90 Å². The molecule has 1 unspecified atom stereocenters. The van der Waals surface area contributed by atoms with Gasteiger partial charge in [0.2, 0.25) is 10.0 Å². The Morgan fingerprint density at radius 2 is 1.62 bits per heavy atom. The SMILES string of the molecule is CCC(C)NS(=O)(=O)c1ccc(C(=O)Nc2ccc(SC(=O)N(C)C)cc2)cc1. The number of hydrogen-bond donors (Lipinski definition) is 2. The van der Waals surface area contributed by atoms with E-state index in [-0.39, 0.29) is 22.1 Å². The summed E-state index contributed by atoms with van der Waals surface area (Å²) in [5.74, 6) is -0.353. The number of carbonyl (C=O) groups is 2. The van der Waals surface area contributed by atoms with Crippen LogP contribution in [0.4, 0.5) is 10.5 Å². The normalized spacial score (nSPS) is 12.3. The van der Waals surface area contributed by atoms with Crippen molar-refractivity contribution in [2.75, 3.05) is 19.4 Å². The zero-order valence-corrected chi connectivity index (χ0v) is 18.4. The van der Waals surface area contributed by atoms with Gasteiger partial charge in [-0.1, -0.05) is 6.92 Å². The second-order valence-corrected chi connectivity index (χ2v) is 9.43. The van der Waals surface area contributed by atoms with E-state index in [1.54, 1.807) is 45.3 Å². The van der Waals surface area contributed by atoms with E-state index in [0.717, 1.165) is 16.7 Å². The van der Waals surface area contributed by atoms with Crippen molar-refractivity contribution in [3.8, 4) is 0 Å². The predicted molar refractivity (Wildman–Crippen MR) is 116 cm³/mol. The van der Waals surface area contributed by atoms with Crippen LogP contribution in [0, 0.1) is 0 Å². The standard InChI is InChI=1S/C20H25N3O4S2/c1-5-14(2)22-29(26,27)18-12-6-15(7-13-18)19(24)21-16-8-10-17(11-9-16)28-20(25)23(3)4/h6-14,22H,5H2,1-4H3,(H,21,24). The Hall–Kier alpha value is -2.36. The molecule has 29 heavy (non-hydrogen) atoms. The molecule has 2 amide bonds. The number of rotatable bonds is 7. The fourth-order valence-corrected chi connectivity index (χ4v) is 4.19. The zero-order chi connectivity index (χ0) is 21.6. The molecule has 0 spiro atoms. The lowest BCUT2D eigenvalue weighted by atomic mass is 10.2. The molecule has 0 saturated carbocycles. The van der Waals surface area contributed by atoms with Crippen LogP contribution in [0.1, 0.15) is 30.6 Å². The lowest BCUT2D eigenvalue weighted by molar-refractivity contribution is 0.102. The quantitative estimate of drug-likeness (QED) is 0.645. The fourth-order valence-electron chi connectivity index (χ4n) is 2.20. The minimum Gasteiger partial charge on any atom is -0.339 e. The van der Waals surface area contributed by atoms with Crippen molar-refractivity contribution in [1.29, 1.82) is 0 Å². The van der Waals surface area contributed by atoms with Crippen LogP contribution in [0.25, 0.3) is 0 Å². The van der Waals surface area contributed by atoms with E-state index in [9.17, 15) is 18.0 Å². The minimum absolute atomic E-state index is 0.0837. The van der Waals surface area contributed by atoms with E-state index in [0.29, 0.717) is 17.7 Å². The molecule has 0 fully saturated rings. The highest BCUT2D eigenvalue weighted by atomic mass is 32.2. The van der Waals surface area contributed by atoms with Gasteiger partial charge in [-0.15, -0.1) is 0 Å². The fraction of sp³-hybridized carbons (Fsp3) is 0.300. The third-order valence-electron chi connectivity index (χ3n) is 4.08. The third-order valence-corrected chi connectivity index (χ3v) is 6.73. The summed E-state index contributed by atoms with van der Waals surface area (Å²) >= 11 is 1.10. The molecule has 0 aliphatic carbocycles. The number of thioether (sulfide) groups is 1. The first-order valence-corrected chi connectivity index (χ1v) is 11.3. The van der Waals surface area contributed by atoms with Gasteiger partial charge in [-0.25, -0.2) is 13.1 Å².